The van der Waals surface area contributed by atoms with Crippen molar-refractivity contribution < 1.29 is 4.42 Å². The Kier molecular flexibility index (Phi) is 4.97. The Bertz CT molecular complexity index is 557. The van der Waals surface area contributed by atoms with Gasteiger partial charge in [-0.25, -0.2) is 9.97 Å². The van der Waals surface area contributed by atoms with Crippen molar-refractivity contribution in [3.8, 4) is 0 Å². The average Bonchev–Trinajstić information content (AvgIpc) is 3.04. The third-order valence-corrected chi connectivity index (χ3v) is 4.57. The lowest BCUT2D eigenvalue weighted by atomic mass is 10.0. The molecule has 0 bridgehead atoms. The first-order valence-electron chi connectivity index (χ1n) is 7.47. The summed E-state index contributed by atoms with van der Waals surface area (Å²) in [5, 5.41) is 0. The lowest BCUT2D eigenvalue weighted by Gasteiger charge is -2.08. The van der Waals surface area contributed by atoms with Gasteiger partial charge >= 0.3 is 0 Å². The highest BCUT2D eigenvalue weighted by atomic mass is 32.1. The zero-order valence-corrected chi connectivity index (χ0v) is 13.9. The molecule has 0 aliphatic carbocycles. The van der Waals surface area contributed by atoms with E-state index in [0.717, 1.165) is 36.6 Å². The van der Waals surface area contributed by atoms with Gasteiger partial charge in [0, 0.05) is 23.1 Å². The van der Waals surface area contributed by atoms with Gasteiger partial charge in [-0.1, -0.05) is 34.6 Å². The molecule has 0 fully saturated rings. The smallest absolute Gasteiger partial charge is 0.195 e. The maximum absolute atomic E-state index is 5.97. The van der Waals surface area contributed by atoms with Gasteiger partial charge in [-0.3, -0.25) is 0 Å². The Balaban J connectivity index is 2.17. The fourth-order valence-electron chi connectivity index (χ4n) is 2.51. The summed E-state index contributed by atoms with van der Waals surface area (Å²) in [5.41, 5.74) is 4.26. The summed E-state index contributed by atoms with van der Waals surface area (Å²) in [4.78, 5) is 10.6. The largest absolute Gasteiger partial charge is 0.445 e. The lowest BCUT2D eigenvalue weighted by molar-refractivity contribution is 0.426. The standard InChI is InChI=1S/C16H24N2OS/c1-6-12-16(10(3)4)19-14(18-12)8-11(5)15-13(7-2)20-9-17-15/h9-11H,6-8H2,1-5H3. The van der Waals surface area contributed by atoms with Crippen LogP contribution in [0.1, 0.15) is 74.4 Å². The molecule has 0 aromatic carbocycles. The highest BCUT2D eigenvalue weighted by molar-refractivity contribution is 7.09. The predicted octanol–water partition coefficient (Wildman–Crippen LogP) is 4.73. The van der Waals surface area contributed by atoms with Crippen LogP contribution in [-0.4, -0.2) is 9.97 Å². The van der Waals surface area contributed by atoms with Crippen LogP contribution in [0.3, 0.4) is 0 Å². The average molecular weight is 292 g/mol. The molecule has 0 amide bonds. The molecule has 0 saturated carbocycles. The van der Waals surface area contributed by atoms with E-state index in [4.69, 9.17) is 4.42 Å². The van der Waals surface area contributed by atoms with E-state index < -0.39 is 0 Å². The molecule has 1 unspecified atom stereocenters. The monoisotopic (exact) mass is 292 g/mol. The van der Waals surface area contributed by atoms with Gasteiger partial charge in [0.25, 0.3) is 0 Å². The van der Waals surface area contributed by atoms with Gasteiger partial charge in [-0.15, -0.1) is 11.3 Å². The van der Waals surface area contributed by atoms with Crippen LogP contribution in [-0.2, 0) is 19.3 Å². The van der Waals surface area contributed by atoms with Gasteiger partial charge < -0.3 is 4.42 Å². The molecular weight excluding hydrogens is 268 g/mol. The Morgan fingerprint density at radius 3 is 2.50 bits per heavy atom. The maximum Gasteiger partial charge on any atom is 0.195 e. The molecular formula is C16H24N2OS. The molecule has 0 spiro atoms. The number of oxazole rings is 1. The van der Waals surface area contributed by atoms with Crippen LogP contribution in [0.5, 0.6) is 0 Å². The Morgan fingerprint density at radius 2 is 1.95 bits per heavy atom. The van der Waals surface area contributed by atoms with Crippen molar-refractivity contribution in [2.45, 2.75) is 65.7 Å². The molecule has 110 valence electrons. The molecule has 1 atom stereocenters. The molecule has 0 aliphatic rings. The number of nitrogens with zero attached hydrogens (tertiary/aromatic N) is 2. The number of aryl methyl sites for hydroxylation is 2. The van der Waals surface area contributed by atoms with E-state index in [2.05, 4.69) is 44.6 Å². The summed E-state index contributed by atoms with van der Waals surface area (Å²) >= 11 is 1.74. The van der Waals surface area contributed by atoms with Crippen molar-refractivity contribution in [3.05, 3.63) is 33.4 Å². The fraction of sp³-hybridized carbons (Fsp3) is 0.625. The molecule has 0 radical (unpaired) electrons. The van der Waals surface area contributed by atoms with Crippen molar-refractivity contribution in [2.24, 2.45) is 0 Å². The Morgan fingerprint density at radius 1 is 1.20 bits per heavy atom. The van der Waals surface area contributed by atoms with Crippen molar-refractivity contribution in [3.63, 3.8) is 0 Å². The molecule has 0 saturated heterocycles. The number of aromatic nitrogens is 2. The SMILES string of the molecule is CCc1nc(CC(C)c2ncsc2CC)oc1C(C)C. The van der Waals surface area contributed by atoms with Crippen LogP contribution >= 0.6 is 11.3 Å². The second-order valence-corrected chi connectivity index (χ2v) is 6.49. The summed E-state index contributed by atoms with van der Waals surface area (Å²) in [6.45, 7) is 10.8. The zero-order chi connectivity index (χ0) is 14.7. The molecule has 2 rings (SSSR count). The molecule has 0 N–H and O–H groups in total. The number of hydrogen-bond acceptors (Lipinski definition) is 4. The first kappa shape index (κ1) is 15.2. The molecule has 2 aromatic rings. The van der Waals surface area contributed by atoms with E-state index in [0.29, 0.717) is 11.8 Å². The third-order valence-electron chi connectivity index (χ3n) is 3.57. The van der Waals surface area contributed by atoms with Crippen LogP contribution in [0, 0.1) is 0 Å². The third kappa shape index (κ3) is 3.11. The van der Waals surface area contributed by atoms with Crippen molar-refractivity contribution >= 4 is 11.3 Å². The number of hydrogen-bond donors (Lipinski definition) is 0. The topological polar surface area (TPSA) is 38.9 Å². The van der Waals surface area contributed by atoms with Crippen LogP contribution < -0.4 is 0 Å². The molecule has 3 nitrogen and oxygen atoms in total. The first-order valence-corrected chi connectivity index (χ1v) is 8.35. The Labute approximate surface area is 125 Å². The zero-order valence-electron chi connectivity index (χ0n) is 13.1. The van der Waals surface area contributed by atoms with E-state index >= 15 is 0 Å². The molecule has 0 aliphatic heterocycles. The second-order valence-electron chi connectivity index (χ2n) is 5.55. The fourth-order valence-corrected chi connectivity index (χ4v) is 3.35. The highest BCUT2D eigenvalue weighted by Gasteiger charge is 2.19. The lowest BCUT2D eigenvalue weighted by Crippen LogP contribution is -2.02. The summed E-state index contributed by atoms with van der Waals surface area (Å²) in [7, 11) is 0. The number of thiazole rings is 1. The van der Waals surface area contributed by atoms with Gasteiger partial charge in [0.15, 0.2) is 5.89 Å². The molecule has 20 heavy (non-hydrogen) atoms. The summed E-state index contributed by atoms with van der Waals surface area (Å²) in [6.07, 6.45) is 2.81. The molecule has 4 heteroatoms. The summed E-state index contributed by atoms with van der Waals surface area (Å²) < 4.78 is 5.97. The van der Waals surface area contributed by atoms with Crippen molar-refractivity contribution in [2.75, 3.05) is 0 Å². The van der Waals surface area contributed by atoms with Crippen molar-refractivity contribution in [1.29, 1.82) is 0 Å². The van der Waals surface area contributed by atoms with Gasteiger partial charge in [0.1, 0.15) is 5.76 Å². The molecule has 2 heterocycles. The first-order chi connectivity index (χ1) is 9.56. The minimum atomic E-state index is 0.361. The normalized spacial score (nSPS) is 13.1. The highest BCUT2D eigenvalue weighted by Crippen LogP contribution is 2.28. The minimum absolute atomic E-state index is 0.361. The Hall–Kier alpha value is -1.16. The quantitative estimate of drug-likeness (QED) is 0.773. The van der Waals surface area contributed by atoms with E-state index in [9.17, 15) is 0 Å². The predicted molar refractivity (Wildman–Crippen MR) is 83.6 cm³/mol. The summed E-state index contributed by atoms with van der Waals surface area (Å²) in [5.74, 6) is 2.66. The van der Waals surface area contributed by atoms with Gasteiger partial charge in [-0.2, -0.15) is 0 Å². The number of rotatable bonds is 6. The van der Waals surface area contributed by atoms with Gasteiger partial charge in [-0.05, 0) is 12.8 Å². The minimum Gasteiger partial charge on any atom is -0.445 e. The van der Waals surface area contributed by atoms with E-state index in [-0.39, 0.29) is 0 Å². The van der Waals surface area contributed by atoms with Gasteiger partial charge in [0.2, 0.25) is 0 Å². The van der Waals surface area contributed by atoms with Crippen LogP contribution in [0.2, 0.25) is 0 Å². The molecule has 2 aromatic heterocycles. The van der Waals surface area contributed by atoms with Crippen LogP contribution in [0.25, 0.3) is 0 Å². The van der Waals surface area contributed by atoms with Crippen LogP contribution in [0.4, 0.5) is 0 Å². The van der Waals surface area contributed by atoms with E-state index in [1.807, 2.05) is 5.51 Å². The van der Waals surface area contributed by atoms with E-state index in [1.54, 1.807) is 11.3 Å². The summed E-state index contributed by atoms with van der Waals surface area (Å²) in [6, 6.07) is 0. The van der Waals surface area contributed by atoms with Crippen molar-refractivity contribution in [1.82, 2.24) is 9.97 Å². The second kappa shape index (κ2) is 6.53. The maximum atomic E-state index is 5.97. The van der Waals surface area contributed by atoms with Crippen LogP contribution in [0.15, 0.2) is 9.93 Å². The van der Waals surface area contributed by atoms with E-state index in [1.165, 1.54) is 10.6 Å². The van der Waals surface area contributed by atoms with Gasteiger partial charge in [0.05, 0.1) is 16.9 Å².